The zero-order chi connectivity index (χ0) is 14.7. The molecule has 3 heteroatoms. The first-order valence-corrected chi connectivity index (χ1v) is 7.91. The zero-order valence-electron chi connectivity index (χ0n) is 12.7. The number of rotatable bonds is 4. The second kappa shape index (κ2) is 6.46. The fraction of sp³-hybridized carbons (Fsp3) is 0.444. The highest BCUT2D eigenvalue weighted by Gasteiger charge is 2.24. The molecule has 2 N–H and O–H groups in total. The van der Waals surface area contributed by atoms with E-state index in [0.717, 1.165) is 37.5 Å². The van der Waals surface area contributed by atoms with Gasteiger partial charge < -0.3 is 10.2 Å². The van der Waals surface area contributed by atoms with Crippen molar-refractivity contribution in [3.63, 3.8) is 0 Å². The Morgan fingerprint density at radius 3 is 2.71 bits per heavy atom. The Bertz CT molecular complexity index is 590. The molecule has 0 spiro atoms. The third-order valence-electron chi connectivity index (χ3n) is 4.41. The number of hydrogen-bond acceptors (Lipinski definition) is 3. The average Bonchev–Trinajstić information content (AvgIpc) is 2.88. The Hall–Kier alpha value is -1.58. The lowest BCUT2D eigenvalue weighted by Gasteiger charge is -2.28. The van der Waals surface area contributed by atoms with Crippen molar-refractivity contribution in [1.29, 1.82) is 0 Å². The van der Waals surface area contributed by atoms with Crippen molar-refractivity contribution in [3.8, 4) is 0 Å². The summed E-state index contributed by atoms with van der Waals surface area (Å²) in [5.41, 5.74) is 8.96. The van der Waals surface area contributed by atoms with Crippen LogP contribution in [-0.4, -0.2) is 18.0 Å². The summed E-state index contributed by atoms with van der Waals surface area (Å²) in [7, 11) is 0. The fourth-order valence-electron chi connectivity index (χ4n) is 3.20. The van der Waals surface area contributed by atoms with Crippen LogP contribution in [0.15, 0.2) is 40.8 Å². The first kappa shape index (κ1) is 14.4. The monoisotopic (exact) mass is 284 g/mol. The highest BCUT2D eigenvalue weighted by Crippen LogP contribution is 2.28. The molecule has 1 unspecified atom stereocenters. The van der Waals surface area contributed by atoms with Crippen LogP contribution in [-0.2, 0) is 19.4 Å². The van der Waals surface area contributed by atoms with Crippen LogP contribution in [0.3, 0.4) is 0 Å². The highest BCUT2D eigenvalue weighted by molar-refractivity contribution is 5.28. The van der Waals surface area contributed by atoms with Crippen molar-refractivity contribution in [3.05, 3.63) is 59.0 Å². The average molecular weight is 284 g/mol. The molecule has 1 aliphatic heterocycles. The van der Waals surface area contributed by atoms with Gasteiger partial charge >= 0.3 is 0 Å². The Balaban J connectivity index is 1.84. The molecule has 0 fully saturated rings. The molecule has 0 amide bonds. The zero-order valence-corrected chi connectivity index (χ0v) is 12.7. The van der Waals surface area contributed by atoms with Gasteiger partial charge in [-0.15, -0.1) is 0 Å². The van der Waals surface area contributed by atoms with Crippen LogP contribution >= 0.6 is 0 Å². The molecule has 0 bridgehead atoms. The third-order valence-corrected chi connectivity index (χ3v) is 4.41. The number of benzene rings is 1. The standard InChI is InChI=1S/C18H24N2O/c1-2-16-9-10-18(21-16)17(12-19)20-11-5-8-14-6-3-4-7-15(14)13-20/h3-4,6-7,9-10,17H,2,5,8,11-13,19H2,1H3. The molecule has 112 valence electrons. The molecule has 0 radical (unpaired) electrons. The summed E-state index contributed by atoms with van der Waals surface area (Å²) in [4.78, 5) is 2.46. The van der Waals surface area contributed by atoms with Gasteiger partial charge in [-0.1, -0.05) is 31.2 Å². The number of nitrogens with two attached hydrogens (primary N) is 1. The molecule has 1 atom stereocenters. The van der Waals surface area contributed by atoms with Crippen molar-refractivity contribution in [1.82, 2.24) is 4.90 Å². The second-order valence-corrected chi connectivity index (χ2v) is 5.75. The van der Waals surface area contributed by atoms with E-state index in [1.165, 1.54) is 17.5 Å². The van der Waals surface area contributed by atoms with Gasteiger partial charge in [-0.05, 0) is 42.6 Å². The molecule has 0 saturated carbocycles. The SMILES string of the molecule is CCc1ccc(C(CN)N2CCCc3ccccc3C2)o1. The smallest absolute Gasteiger partial charge is 0.122 e. The molecule has 3 nitrogen and oxygen atoms in total. The highest BCUT2D eigenvalue weighted by atomic mass is 16.3. The van der Waals surface area contributed by atoms with Gasteiger partial charge in [0, 0.05) is 19.5 Å². The van der Waals surface area contributed by atoms with Crippen LogP contribution in [0.5, 0.6) is 0 Å². The fourth-order valence-corrected chi connectivity index (χ4v) is 3.20. The minimum absolute atomic E-state index is 0.177. The van der Waals surface area contributed by atoms with Crippen LogP contribution < -0.4 is 5.73 Å². The van der Waals surface area contributed by atoms with E-state index < -0.39 is 0 Å². The summed E-state index contributed by atoms with van der Waals surface area (Å²) in [5, 5.41) is 0. The van der Waals surface area contributed by atoms with Crippen molar-refractivity contribution < 1.29 is 4.42 Å². The van der Waals surface area contributed by atoms with E-state index in [4.69, 9.17) is 10.2 Å². The summed E-state index contributed by atoms with van der Waals surface area (Å²) in [6.07, 6.45) is 3.26. The summed E-state index contributed by atoms with van der Waals surface area (Å²) in [6, 6.07) is 13.1. The molecule has 2 aromatic rings. The molecule has 1 aromatic carbocycles. The lowest BCUT2D eigenvalue weighted by atomic mass is 10.0. The number of hydrogen-bond donors (Lipinski definition) is 1. The molecule has 0 aliphatic carbocycles. The molecule has 2 heterocycles. The predicted octanol–water partition coefficient (Wildman–Crippen LogP) is 3.29. The van der Waals surface area contributed by atoms with E-state index in [2.05, 4.69) is 48.2 Å². The third kappa shape index (κ3) is 3.04. The van der Waals surface area contributed by atoms with E-state index in [1.54, 1.807) is 0 Å². The first-order valence-electron chi connectivity index (χ1n) is 7.91. The Morgan fingerprint density at radius 2 is 2.00 bits per heavy atom. The lowest BCUT2D eigenvalue weighted by Crippen LogP contribution is -2.33. The van der Waals surface area contributed by atoms with Gasteiger partial charge in [-0.25, -0.2) is 0 Å². The van der Waals surface area contributed by atoms with Gasteiger partial charge in [0.05, 0.1) is 6.04 Å². The normalized spacial score (nSPS) is 17.2. The molecule has 3 rings (SSSR count). The van der Waals surface area contributed by atoms with Gasteiger partial charge in [0.25, 0.3) is 0 Å². The van der Waals surface area contributed by atoms with E-state index in [0.29, 0.717) is 6.54 Å². The maximum Gasteiger partial charge on any atom is 0.122 e. The van der Waals surface area contributed by atoms with E-state index in [9.17, 15) is 0 Å². The number of aryl methyl sites for hydroxylation is 2. The molecule has 0 saturated heterocycles. The van der Waals surface area contributed by atoms with E-state index in [1.807, 2.05) is 0 Å². The van der Waals surface area contributed by atoms with Crippen molar-refractivity contribution in [2.75, 3.05) is 13.1 Å². The minimum Gasteiger partial charge on any atom is -0.464 e. The van der Waals surface area contributed by atoms with E-state index in [-0.39, 0.29) is 6.04 Å². The van der Waals surface area contributed by atoms with Gasteiger partial charge in [-0.2, -0.15) is 0 Å². The molecule has 21 heavy (non-hydrogen) atoms. The van der Waals surface area contributed by atoms with Gasteiger partial charge in [0.1, 0.15) is 11.5 Å². The first-order chi connectivity index (χ1) is 10.3. The molecule has 1 aliphatic rings. The maximum atomic E-state index is 6.06. The largest absolute Gasteiger partial charge is 0.464 e. The summed E-state index contributed by atoms with van der Waals surface area (Å²) >= 11 is 0. The van der Waals surface area contributed by atoms with Crippen LogP contribution in [0.4, 0.5) is 0 Å². The Morgan fingerprint density at radius 1 is 1.19 bits per heavy atom. The molecular formula is C18H24N2O. The van der Waals surface area contributed by atoms with Gasteiger partial charge in [0.15, 0.2) is 0 Å². The van der Waals surface area contributed by atoms with E-state index >= 15 is 0 Å². The second-order valence-electron chi connectivity index (χ2n) is 5.75. The Labute approximate surface area is 126 Å². The quantitative estimate of drug-likeness (QED) is 0.936. The summed E-state index contributed by atoms with van der Waals surface area (Å²) in [6.45, 7) is 4.74. The van der Waals surface area contributed by atoms with Crippen molar-refractivity contribution >= 4 is 0 Å². The molecular weight excluding hydrogens is 260 g/mol. The van der Waals surface area contributed by atoms with Crippen molar-refractivity contribution in [2.45, 2.75) is 38.8 Å². The van der Waals surface area contributed by atoms with Crippen LogP contribution in [0.25, 0.3) is 0 Å². The number of furan rings is 1. The Kier molecular flexibility index (Phi) is 4.42. The van der Waals surface area contributed by atoms with Crippen LogP contribution in [0, 0.1) is 0 Å². The lowest BCUT2D eigenvalue weighted by molar-refractivity contribution is 0.172. The van der Waals surface area contributed by atoms with Gasteiger partial charge in [0.2, 0.25) is 0 Å². The van der Waals surface area contributed by atoms with Crippen LogP contribution in [0.1, 0.15) is 42.0 Å². The summed E-state index contributed by atoms with van der Waals surface area (Å²) in [5.74, 6) is 2.05. The van der Waals surface area contributed by atoms with Crippen molar-refractivity contribution in [2.24, 2.45) is 5.73 Å². The molecule has 1 aromatic heterocycles. The van der Waals surface area contributed by atoms with Crippen LogP contribution in [0.2, 0.25) is 0 Å². The predicted molar refractivity (Wildman–Crippen MR) is 85.1 cm³/mol. The van der Waals surface area contributed by atoms with Gasteiger partial charge in [-0.3, -0.25) is 4.90 Å². The number of fused-ring (bicyclic) bond motifs is 1. The topological polar surface area (TPSA) is 42.4 Å². The number of nitrogens with zero attached hydrogens (tertiary/aromatic N) is 1. The maximum absolute atomic E-state index is 6.06. The summed E-state index contributed by atoms with van der Waals surface area (Å²) < 4.78 is 5.95. The minimum atomic E-state index is 0.177.